The van der Waals surface area contributed by atoms with Crippen molar-refractivity contribution < 1.29 is 18.1 Å². The predicted octanol–water partition coefficient (Wildman–Crippen LogP) is 4.54. The van der Waals surface area contributed by atoms with Crippen molar-refractivity contribution in [2.45, 2.75) is 6.18 Å². The third-order valence-electron chi connectivity index (χ3n) is 3.53. The van der Waals surface area contributed by atoms with E-state index < -0.39 is 22.4 Å². The maximum atomic E-state index is 12.7. The monoisotopic (exact) mass is 348 g/mol. The van der Waals surface area contributed by atoms with Gasteiger partial charge in [0.05, 0.1) is 16.7 Å². The summed E-state index contributed by atoms with van der Waals surface area (Å²) >= 11 is 0. The van der Waals surface area contributed by atoms with E-state index in [9.17, 15) is 23.3 Å². The van der Waals surface area contributed by atoms with Gasteiger partial charge in [-0.1, -0.05) is 18.2 Å². The Morgan fingerprint density at radius 1 is 1.20 bits per heavy atom. The van der Waals surface area contributed by atoms with E-state index >= 15 is 0 Å². The highest BCUT2D eigenvalue weighted by atomic mass is 19.4. The lowest BCUT2D eigenvalue weighted by molar-refractivity contribution is -0.384. The molecule has 0 spiro atoms. The lowest BCUT2D eigenvalue weighted by Crippen LogP contribution is -2.06. The van der Waals surface area contributed by atoms with Crippen LogP contribution in [0.1, 0.15) is 11.1 Å². The molecule has 9 heteroatoms. The highest BCUT2D eigenvalue weighted by Crippen LogP contribution is 2.34. The number of alkyl halides is 3. The average molecular weight is 348 g/mol. The van der Waals surface area contributed by atoms with Crippen molar-refractivity contribution in [1.29, 1.82) is 0 Å². The van der Waals surface area contributed by atoms with Crippen molar-refractivity contribution in [3.8, 4) is 0 Å². The number of aromatic amines is 1. The first-order valence-electron chi connectivity index (χ1n) is 7.07. The van der Waals surface area contributed by atoms with Crippen LogP contribution in [-0.4, -0.2) is 16.1 Å². The number of hydrogen-bond donors (Lipinski definition) is 2. The Morgan fingerprint density at radius 3 is 2.68 bits per heavy atom. The molecule has 0 radical (unpaired) electrons. The Morgan fingerprint density at radius 2 is 1.96 bits per heavy atom. The summed E-state index contributed by atoms with van der Waals surface area (Å²) in [7, 11) is 0. The van der Waals surface area contributed by atoms with E-state index in [4.69, 9.17) is 0 Å². The van der Waals surface area contributed by atoms with Gasteiger partial charge in [0.15, 0.2) is 0 Å². The first-order valence-corrected chi connectivity index (χ1v) is 7.07. The van der Waals surface area contributed by atoms with Crippen LogP contribution in [0.25, 0.3) is 10.9 Å². The predicted molar refractivity (Wildman–Crippen MR) is 87.6 cm³/mol. The summed E-state index contributed by atoms with van der Waals surface area (Å²) in [4.78, 5) is 13.2. The molecule has 1 heterocycles. The number of H-pyrrole nitrogens is 1. The number of anilines is 1. The van der Waals surface area contributed by atoms with Gasteiger partial charge in [-0.15, -0.1) is 0 Å². The number of benzene rings is 2. The van der Waals surface area contributed by atoms with E-state index in [1.165, 1.54) is 6.21 Å². The normalized spacial score (nSPS) is 12.0. The van der Waals surface area contributed by atoms with Gasteiger partial charge in [-0.3, -0.25) is 15.5 Å². The Kier molecular flexibility index (Phi) is 4.14. The molecule has 128 valence electrons. The molecule has 25 heavy (non-hydrogen) atoms. The number of fused-ring (bicyclic) bond motifs is 1. The lowest BCUT2D eigenvalue weighted by atomic mass is 10.1. The van der Waals surface area contributed by atoms with Gasteiger partial charge < -0.3 is 4.98 Å². The summed E-state index contributed by atoms with van der Waals surface area (Å²) in [6.45, 7) is 0. The molecule has 0 unspecified atom stereocenters. The van der Waals surface area contributed by atoms with E-state index in [2.05, 4.69) is 15.5 Å². The molecule has 1 aromatic heterocycles. The summed E-state index contributed by atoms with van der Waals surface area (Å²) in [5.41, 5.74) is 2.12. The minimum absolute atomic E-state index is 0.130. The third-order valence-corrected chi connectivity index (χ3v) is 3.53. The molecule has 0 saturated carbocycles. The van der Waals surface area contributed by atoms with E-state index in [-0.39, 0.29) is 5.69 Å². The summed E-state index contributed by atoms with van der Waals surface area (Å²) < 4.78 is 38.0. The van der Waals surface area contributed by atoms with Crippen LogP contribution in [0.2, 0.25) is 0 Å². The topological polar surface area (TPSA) is 83.3 Å². The molecule has 0 atom stereocenters. The zero-order valence-electron chi connectivity index (χ0n) is 12.5. The van der Waals surface area contributed by atoms with Crippen LogP contribution in [0, 0.1) is 10.1 Å². The molecule has 0 saturated heterocycles. The fraction of sp³-hybridized carbons (Fsp3) is 0.0625. The van der Waals surface area contributed by atoms with Crippen LogP contribution in [0.4, 0.5) is 24.5 Å². The number of nitro benzene ring substituents is 1. The third kappa shape index (κ3) is 3.44. The Balaban J connectivity index is 1.86. The van der Waals surface area contributed by atoms with Gasteiger partial charge in [0.1, 0.15) is 5.69 Å². The van der Waals surface area contributed by atoms with Crippen LogP contribution in [0.3, 0.4) is 0 Å². The van der Waals surface area contributed by atoms with Gasteiger partial charge in [-0.05, 0) is 18.2 Å². The lowest BCUT2D eigenvalue weighted by Gasteiger charge is -2.08. The molecule has 0 aliphatic heterocycles. The number of nitrogens with one attached hydrogen (secondary N) is 2. The van der Waals surface area contributed by atoms with Crippen molar-refractivity contribution in [1.82, 2.24) is 4.98 Å². The molecule has 3 rings (SSSR count). The first-order chi connectivity index (χ1) is 11.9. The van der Waals surface area contributed by atoms with Crippen LogP contribution in [0.5, 0.6) is 0 Å². The van der Waals surface area contributed by atoms with E-state index in [0.717, 1.165) is 28.6 Å². The molecule has 0 aliphatic rings. The van der Waals surface area contributed by atoms with Crippen LogP contribution >= 0.6 is 0 Å². The second-order valence-corrected chi connectivity index (χ2v) is 5.15. The fourth-order valence-corrected chi connectivity index (χ4v) is 2.33. The highest BCUT2D eigenvalue weighted by Gasteiger charge is 2.33. The van der Waals surface area contributed by atoms with Gasteiger partial charge in [-0.2, -0.15) is 18.3 Å². The first kappa shape index (κ1) is 16.5. The van der Waals surface area contributed by atoms with E-state index in [0.29, 0.717) is 6.07 Å². The number of aromatic nitrogens is 1. The molecular formula is C16H11F3N4O2. The molecule has 0 aliphatic carbocycles. The molecule has 0 amide bonds. The SMILES string of the molecule is O=[N+]([O-])c1cc(C(F)(F)F)ccc1N/N=C\c1c[nH]c2ccccc12. The molecule has 0 fully saturated rings. The Hall–Kier alpha value is -3.36. The van der Waals surface area contributed by atoms with Gasteiger partial charge in [-0.25, -0.2) is 0 Å². The molecule has 3 aromatic rings. The quantitative estimate of drug-likeness (QED) is 0.412. The molecule has 2 N–H and O–H groups in total. The number of para-hydroxylation sites is 1. The van der Waals surface area contributed by atoms with Crippen molar-refractivity contribution >= 4 is 28.5 Å². The minimum atomic E-state index is -4.66. The highest BCUT2D eigenvalue weighted by molar-refractivity contribution is 5.99. The second-order valence-electron chi connectivity index (χ2n) is 5.15. The summed E-state index contributed by atoms with van der Waals surface area (Å²) in [5, 5.41) is 15.8. The van der Waals surface area contributed by atoms with Crippen LogP contribution in [-0.2, 0) is 6.18 Å². The molecule has 0 bridgehead atoms. The smallest absolute Gasteiger partial charge is 0.361 e. The summed E-state index contributed by atoms with van der Waals surface area (Å²) in [6.07, 6.45) is -1.52. The maximum absolute atomic E-state index is 12.7. The molecular weight excluding hydrogens is 337 g/mol. The van der Waals surface area contributed by atoms with E-state index in [1.807, 2.05) is 24.3 Å². The van der Waals surface area contributed by atoms with E-state index in [1.54, 1.807) is 6.20 Å². The zero-order valence-corrected chi connectivity index (χ0v) is 12.5. The fourth-order valence-electron chi connectivity index (χ4n) is 2.33. The van der Waals surface area contributed by atoms with Crippen molar-refractivity contribution in [2.75, 3.05) is 5.43 Å². The Labute approximate surface area is 139 Å². The van der Waals surface area contributed by atoms with Gasteiger partial charge in [0, 0.05) is 28.7 Å². The van der Waals surface area contributed by atoms with Crippen molar-refractivity contribution in [3.63, 3.8) is 0 Å². The van der Waals surface area contributed by atoms with Gasteiger partial charge in [0.2, 0.25) is 0 Å². The number of halogens is 3. The number of hydrogen-bond acceptors (Lipinski definition) is 4. The summed E-state index contributed by atoms with van der Waals surface area (Å²) in [6, 6.07) is 9.67. The van der Waals surface area contributed by atoms with Crippen LogP contribution < -0.4 is 5.43 Å². The molecule has 2 aromatic carbocycles. The standard InChI is InChI=1S/C16H11F3N4O2/c17-16(18,19)11-5-6-14(15(7-11)23(24)25)22-21-9-10-8-20-13-4-2-1-3-12(10)13/h1-9,20,22H/b21-9-. The number of hydrazone groups is 1. The number of nitro groups is 1. The largest absolute Gasteiger partial charge is 0.416 e. The van der Waals surface area contributed by atoms with Crippen molar-refractivity contribution in [3.05, 3.63) is 69.9 Å². The van der Waals surface area contributed by atoms with Gasteiger partial charge in [0.25, 0.3) is 5.69 Å². The molecule has 6 nitrogen and oxygen atoms in total. The Bertz CT molecular complexity index is 963. The second kappa shape index (κ2) is 6.27. The average Bonchev–Trinajstić information content (AvgIpc) is 2.97. The zero-order chi connectivity index (χ0) is 18.0. The van der Waals surface area contributed by atoms with Crippen LogP contribution in [0.15, 0.2) is 53.8 Å². The summed E-state index contributed by atoms with van der Waals surface area (Å²) in [5.74, 6) is 0. The van der Waals surface area contributed by atoms with Crippen molar-refractivity contribution in [2.24, 2.45) is 5.10 Å². The minimum Gasteiger partial charge on any atom is -0.361 e. The maximum Gasteiger partial charge on any atom is 0.416 e. The number of nitrogens with zero attached hydrogens (tertiary/aromatic N) is 2. The van der Waals surface area contributed by atoms with Gasteiger partial charge >= 0.3 is 6.18 Å². The number of rotatable bonds is 4.